The SMILES string of the molecule is NC(=O)c1ccccc1S(=O)(=O)N1CCC(C(=O)NCCN2CCCC2)CC1. The molecule has 0 atom stereocenters. The lowest BCUT2D eigenvalue weighted by Crippen LogP contribution is -2.44. The lowest BCUT2D eigenvalue weighted by atomic mass is 9.97. The van der Waals surface area contributed by atoms with Gasteiger partial charge in [-0.15, -0.1) is 0 Å². The zero-order valence-electron chi connectivity index (χ0n) is 16.0. The topological polar surface area (TPSA) is 113 Å². The summed E-state index contributed by atoms with van der Waals surface area (Å²) in [6.45, 7) is 4.18. The van der Waals surface area contributed by atoms with E-state index in [0.717, 1.165) is 19.6 Å². The zero-order chi connectivity index (χ0) is 20.1. The van der Waals surface area contributed by atoms with E-state index in [0.29, 0.717) is 19.4 Å². The molecule has 2 fully saturated rings. The van der Waals surface area contributed by atoms with Crippen molar-refractivity contribution in [3.8, 4) is 0 Å². The Morgan fingerprint density at radius 1 is 1.07 bits per heavy atom. The van der Waals surface area contributed by atoms with Crippen molar-refractivity contribution in [2.75, 3.05) is 39.3 Å². The van der Waals surface area contributed by atoms with Crippen molar-refractivity contribution in [3.63, 3.8) is 0 Å². The monoisotopic (exact) mass is 408 g/mol. The second-order valence-electron chi connectivity index (χ2n) is 7.38. The molecule has 3 N–H and O–H groups in total. The van der Waals surface area contributed by atoms with Crippen LogP contribution in [0.5, 0.6) is 0 Å². The fraction of sp³-hybridized carbons (Fsp3) is 0.579. The quantitative estimate of drug-likeness (QED) is 0.678. The second-order valence-corrected chi connectivity index (χ2v) is 9.28. The second kappa shape index (κ2) is 9.02. The van der Waals surface area contributed by atoms with E-state index < -0.39 is 15.9 Å². The summed E-state index contributed by atoms with van der Waals surface area (Å²) < 4.78 is 27.2. The van der Waals surface area contributed by atoms with Gasteiger partial charge in [0.05, 0.1) is 10.5 Å². The van der Waals surface area contributed by atoms with Crippen LogP contribution in [0.15, 0.2) is 29.2 Å². The summed E-state index contributed by atoms with van der Waals surface area (Å²) in [7, 11) is -3.82. The minimum Gasteiger partial charge on any atom is -0.366 e. The molecule has 1 aromatic rings. The number of piperidine rings is 1. The number of likely N-dealkylation sites (tertiary alicyclic amines) is 1. The largest absolute Gasteiger partial charge is 0.366 e. The molecule has 0 aliphatic carbocycles. The summed E-state index contributed by atoms with van der Waals surface area (Å²) in [5.74, 6) is -0.961. The molecule has 3 rings (SSSR count). The molecule has 0 saturated carbocycles. The Bertz CT molecular complexity index is 813. The van der Waals surface area contributed by atoms with E-state index in [1.54, 1.807) is 12.1 Å². The van der Waals surface area contributed by atoms with Gasteiger partial charge >= 0.3 is 0 Å². The Hall–Kier alpha value is -1.97. The van der Waals surface area contributed by atoms with Crippen LogP contribution in [0.4, 0.5) is 0 Å². The van der Waals surface area contributed by atoms with E-state index in [2.05, 4.69) is 10.2 Å². The number of carbonyl (C=O) groups excluding carboxylic acids is 2. The molecule has 2 amide bonds. The van der Waals surface area contributed by atoms with Crippen LogP contribution in [0.3, 0.4) is 0 Å². The maximum atomic E-state index is 12.9. The van der Waals surface area contributed by atoms with Crippen molar-refractivity contribution in [2.45, 2.75) is 30.6 Å². The highest BCUT2D eigenvalue weighted by molar-refractivity contribution is 7.89. The van der Waals surface area contributed by atoms with E-state index >= 15 is 0 Å². The molecule has 2 aliphatic heterocycles. The number of benzene rings is 1. The fourth-order valence-electron chi connectivity index (χ4n) is 3.88. The van der Waals surface area contributed by atoms with Gasteiger partial charge in [0.1, 0.15) is 0 Å². The maximum absolute atomic E-state index is 12.9. The van der Waals surface area contributed by atoms with Crippen molar-refractivity contribution in [3.05, 3.63) is 29.8 Å². The first kappa shape index (κ1) is 20.8. The summed E-state index contributed by atoms with van der Waals surface area (Å²) in [6.07, 6.45) is 3.38. The van der Waals surface area contributed by atoms with Crippen LogP contribution in [0.1, 0.15) is 36.0 Å². The van der Waals surface area contributed by atoms with Gasteiger partial charge in [0.15, 0.2) is 0 Å². The number of nitrogens with zero attached hydrogens (tertiary/aromatic N) is 2. The summed E-state index contributed by atoms with van der Waals surface area (Å²) in [4.78, 5) is 26.2. The Morgan fingerprint density at radius 3 is 2.36 bits per heavy atom. The van der Waals surface area contributed by atoms with Crippen LogP contribution < -0.4 is 11.1 Å². The Kier molecular flexibility index (Phi) is 6.69. The first-order valence-electron chi connectivity index (χ1n) is 9.78. The minimum atomic E-state index is -3.82. The van der Waals surface area contributed by atoms with Crippen LogP contribution in [0.25, 0.3) is 0 Å². The normalized spacial score (nSPS) is 19.6. The number of amides is 2. The molecule has 0 aromatic heterocycles. The van der Waals surface area contributed by atoms with Gasteiger partial charge < -0.3 is 16.0 Å². The Balaban J connectivity index is 1.54. The molecule has 8 nitrogen and oxygen atoms in total. The Labute approximate surface area is 166 Å². The maximum Gasteiger partial charge on any atom is 0.250 e. The number of hydrogen-bond acceptors (Lipinski definition) is 5. The van der Waals surface area contributed by atoms with Crippen molar-refractivity contribution < 1.29 is 18.0 Å². The summed E-state index contributed by atoms with van der Waals surface area (Å²) in [6, 6.07) is 5.96. The number of nitrogens with one attached hydrogen (secondary N) is 1. The van der Waals surface area contributed by atoms with Gasteiger partial charge in [-0.3, -0.25) is 9.59 Å². The first-order chi connectivity index (χ1) is 13.4. The fourth-order valence-corrected chi connectivity index (χ4v) is 5.55. The van der Waals surface area contributed by atoms with Gasteiger partial charge in [-0.2, -0.15) is 4.31 Å². The van der Waals surface area contributed by atoms with Gasteiger partial charge in [-0.1, -0.05) is 12.1 Å². The van der Waals surface area contributed by atoms with E-state index in [-0.39, 0.29) is 35.4 Å². The average Bonchev–Trinajstić information content (AvgIpc) is 3.21. The smallest absolute Gasteiger partial charge is 0.250 e. The van der Waals surface area contributed by atoms with Crippen LogP contribution in [0.2, 0.25) is 0 Å². The van der Waals surface area contributed by atoms with Crippen LogP contribution >= 0.6 is 0 Å². The van der Waals surface area contributed by atoms with Crippen molar-refractivity contribution in [1.29, 1.82) is 0 Å². The van der Waals surface area contributed by atoms with E-state index in [1.165, 1.54) is 29.3 Å². The predicted octanol–water partition coefficient (Wildman–Crippen LogP) is 0.398. The number of hydrogen-bond donors (Lipinski definition) is 2. The molecule has 0 spiro atoms. The third-order valence-corrected chi connectivity index (χ3v) is 7.48. The van der Waals surface area contributed by atoms with Crippen LogP contribution in [0, 0.1) is 5.92 Å². The molecule has 2 saturated heterocycles. The number of nitrogens with two attached hydrogens (primary N) is 1. The molecular weight excluding hydrogens is 380 g/mol. The van der Waals surface area contributed by atoms with Crippen LogP contribution in [-0.4, -0.2) is 68.7 Å². The molecule has 0 unspecified atom stereocenters. The van der Waals surface area contributed by atoms with Gasteiger partial charge in [0, 0.05) is 32.1 Å². The minimum absolute atomic E-state index is 0.00576. The standard InChI is InChI=1S/C19H28N4O4S/c20-18(24)16-5-1-2-6-17(16)28(26,27)23-12-7-15(8-13-23)19(25)21-9-14-22-10-3-4-11-22/h1-2,5-6,15H,3-4,7-14H2,(H2,20,24)(H,21,25). The highest BCUT2D eigenvalue weighted by Crippen LogP contribution is 2.26. The molecule has 28 heavy (non-hydrogen) atoms. The third-order valence-electron chi connectivity index (χ3n) is 5.52. The predicted molar refractivity (Wildman–Crippen MR) is 105 cm³/mol. The Morgan fingerprint density at radius 2 is 1.71 bits per heavy atom. The molecule has 0 radical (unpaired) electrons. The van der Waals surface area contributed by atoms with Crippen molar-refractivity contribution >= 4 is 21.8 Å². The van der Waals surface area contributed by atoms with Gasteiger partial charge in [0.2, 0.25) is 21.8 Å². The van der Waals surface area contributed by atoms with Gasteiger partial charge in [0.25, 0.3) is 0 Å². The third kappa shape index (κ3) is 4.71. The zero-order valence-corrected chi connectivity index (χ0v) is 16.8. The van der Waals surface area contributed by atoms with Crippen molar-refractivity contribution in [1.82, 2.24) is 14.5 Å². The average molecular weight is 409 g/mol. The lowest BCUT2D eigenvalue weighted by molar-refractivity contribution is -0.126. The molecule has 2 heterocycles. The van der Waals surface area contributed by atoms with Crippen molar-refractivity contribution in [2.24, 2.45) is 11.7 Å². The number of primary amides is 1. The molecular formula is C19H28N4O4S. The highest BCUT2D eigenvalue weighted by Gasteiger charge is 2.33. The summed E-state index contributed by atoms with van der Waals surface area (Å²) in [5.41, 5.74) is 5.31. The molecule has 2 aliphatic rings. The molecule has 0 bridgehead atoms. The van der Waals surface area contributed by atoms with Crippen LogP contribution in [-0.2, 0) is 14.8 Å². The number of sulfonamides is 1. The molecule has 154 valence electrons. The lowest BCUT2D eigenvalue weighted by Gasteiger charge is -2.31. The van der Waals surface area contributed by atoms with E-state index in [4.69, 9.17) is 5.73 Å². The highest BCUT2D eigenvalue weighted by atomic mass is 32.2. The summed E-state index contributed by atoms with van der Waals surface area (Å²) >= 11 is 0. The van der Waals surface area contributed by atoms with Gasteiger partial charge in [-0.05, 0) is 50.9 Å². The molecule has 9 heteroatoms. The molecule has 1 aromatic carbocycles. The number of rotatable bonds is 7. The number of carbonyl (C=O) groups is 2. The summed E-state index contributed by atoms with van der Waals surface area (Å²) in [5, 5.41) is 2.98. The first-order valence-corrected chi connectivity index (χ1v) is 11.2. The van der Waals surface area contributed by atoms with E-state index in [1.807, 2.05) is 0 Å². The van der Waals surface area contributed by atoms with Gasteiger partial charge in [-0.25, -0.2) is 8.42 Å². The van der Waals surface area contributed by atoms with E-state index in [9.17, 15) is 18.0 Å².